The predicted octanol–water partition coefficient (Wildman–Crippen LogP) is 11.4. The van der Waals surface area contributed by atoms with Gasteiger partial charge in [0.2, 0.25) is 0 Å². The number of aromatic nitrogens is 1. The molecule has 44 heavy (non-hydrogen) atoms. The molecule has 10 aromatic rings. The van der Waals surface area contributed by atoms with Crippen LogP contribution in [0.15, 0.2) is 147 Å². The Morgan fingerprint density at radius 1 is 0.409 bits per heavy atom. The molecule has 0 bridgehead atoms. The first-order chi connectivity index (χ1) is 21.8. The van der Waals surface area contributed by atoms with Gasteiger partial charge >= 0.3 is 0 Å². The highest BCUT2D eigenvalue weighted by molar-refractivity contribution is 6.18. The average Bonchev–Trinajstić information content (AvgIpc) is 3.75. The number of rotatable bonds is 3. The van der Waals surface area contributed by atoms with Crippen LogP contribution in [0.2, 0.25) is 0 Å². The van der Waals surface area contributed by atoms with E-state index < -0.39 is 0 Å². The van der Waals surface area contributed by atoms with Crippen molar-refractivity contribution in [2.45, 2.75) is 0 Å². The van der Waals surface area contributed by atoms with Gasteiger partial charge in [-0.15, -0.1) is 0 Å². The van der Waals surface area contributed by atoms with Gasteiger partial charge in [0.05, 0.1) is 10.9 Å². The largest absolute Gasteiger partial charge is 0.456 e. The third-order valence-electron chi connectivity index (χ3n) is 8.69. The van der Waals surface area contributed by atoms with Gasteiger partial charge in [0, 0.05) is 67.7 Å². The Balaban J connectivity index is 1.22. The summed E-state index contributed by atoms with van der Waals surface area (Å²) in [6.07, 6.45) is 1.83. The first-order valence-corrected chi connectivity index (χ1v) is 14.6. The summed E-state index contributed by atoms with van der Waals surface area (Å²) >= 11 is 0. The molecule has 6 aromatic carbocycles. The van der Waals surface area contributed by atoms with Gasteiger partial charge in [-0.2, -0.15) is 0 Å². The quantitative estimate of drug-likeness (QED) is 0.213. The number of benzene rings is 6. The van der Waals surface area contributed by atoms with E-state index in [1.54, 1.807) is 0 Å². The molecule has 0 saturated heterocycles. The van der Waals surface area contributed by atoms with Crippen molar-refractivity contribution in [3.05, 3.63) is 134 Å². The van der Waals surface area contributed by atoms with Crippen LogP contribution < -0.4 is 4.90 Å². The summed E-state index contributed by atoms with van der Waals surface area (Å²) in [4.78, 5) is 6.94. The third kappa shape index (κ3) is 3.32. The van der Waals surface area contributed by atoms with E-state index in [1.807, 2.05) is 54.7 Å². The smallest absolute Gasteiger partial charge is 0.137 e. The number of hydrogen-bond acceptors (Lipinski definition) is 5. The maximum Gasteiger partial charge on any atom is 0.137 e. The zero-order valence-electron chi connectivity index (χ0n) is 23.3. The summed E-state index contributed by atoms with van der Waals surface area (Å²) < 4.78 is 18.9. The lowest BCUT2D eigenvalue weighted by molar-refractivity contribution is 0.668. The molecule has 0 aliphatic rings. The van der Waals surface area contributed by atoms with Crippen LogP contribution in [-0.2, 0) is 0 Å². The molecule has 0 atom stereocenters. The summed E-state index contributed by atoms with van der Waals surface area (Å²) in [6.45, 7) is 0. The monoisotopic (exact) mass is 566 g/mol. The lowest BCUT2D eigenvalue weighted by Gasteiger charge is -2.25. The fourth-order valence-corrected chi connectivity index (χ4v) is 6.69. The normalized spacial score (nSPS) is 12.1. The molecule has 4 heterocycles. The highest BCUT2D eigenvalue weighted by atomic mass is 16.3. The van der Waals surface area contributed by atoms with Gasteiger partial charge in [-0.05, 0) is 72.8 Å². The van der Waals surface area contributed by atoms with Crippen LogP contribution in [-0.4, -0.2) is 4.98 Å². The van der Waals surface area contributed by atoms with Crippen molar-refractivity contribution in [3.63, 3.8) is 0 Å². The van der Waals surface area contributed by atoms with Crippen molar-refractivity contribution in [2.75, 3.05) is 4.90 Å². The second-order valence-electron chi connectivity index (χ2n) is 11.2. The molecule has 5 nitrogen and oxygen atoms in total. The fraction of sp³-hybridized carbons (Fsp3) is 0. The molecule has 0 unspecified atom stereocenters. The van der Waals surface area contributed by atoms with Crippen molar-refractivity contribution in [3.8, 4) is 0 Å². The number of fused-ring (bicyclic) bond motifs is 11. The van der Waals surface area contributed by atoms with Crippen LogP contribution in [0.25, 0.3) is 76.7 Å². The van der Waals surface area contributed by atoms with E-state index in [4.69, 9.17) is 18.2 Å². The Labute approximate surface area is 250 Å². The maximum atomic E-state index is 6.45. The standard InChI is InChI=1S/C39H22N2O3/c1-3-9-32-27(7-1)29-15-12-25(21-36(29)43-32)41(24-14-18-34-31(20-24)28-8-2-4-10-33(28)42-34)26-13-16-30-37(22-26)44-35-17-11-23-6-5-19-40-39(23)38(30)35/h1-22H. The molecular weight excluding hydrogens is 544 g/mol. The molecule has 4 aromatic heterocycles. The van der Waals surface area contributed by atoms with E-state index in [1.165, 1.54) is 0 Å². The summed E-state index contributed by atoms with van der Waals surface area (Å²) in [6, 6.07) is 43.7. The number of anilines is 3. The first-order valence-electron chi connectivity index (χ1n) is 14.6. The minimum absolute atomic E-state index is 0.806. The van der Waals surface area contributed by atoms with E-state index in [9.17, 15) is 0 Å². The SMILES string of the molecule is c1cnc2c(c1)ccc1oc3cc(N(c4ccc5c(c4)oc4ccccc45)c4ccc5oc6ccccc6c5c4)ccc3c12. The Kier molecular flexibility index (Phi) is 4.66. The van der Waals surface area contributed by atoms with Gasteiger partial charge < -0.3 is 18.2 Å². The second-order valence-corrected chi connectivity index (χ2v) is 11.2. The van der Waals surface area contributed by atoms with Gasteiger partial charge in [0.25, 0.3) is 0 Å². The van der Waals surface area contributed by atoms with E-state index in [0.717, 1.165) is 93.8 Å². The van der Waals surface area contributed by atoms with Gasteiger partial charge in [0.15, 0.2) is 0 Å². The van der Waals surface area contributed by atoms with Crippen molar-refractivity contribution >= 4 is 93.8 Å². The summed E-state index contributed by atoms with van der Waals surface area (Å²) in [5, 5.41) is 7.51. The molecule has 0 fully saturated rings. The van der Waals surface area contributed by atoms with E-state index in [2.05, 4.69) is 83.8 Å². The summed E-state index contributed by atoms with van der Waals surface area (Å²) in [7, 11) is 0. The molecule has 0 amide bonds. The topological polar surface area (TPSA) is 55.6 Å². The summed E-state index contributed by atoms with van der Waals surface area (Å²) in [5.74, 6) is 0. The third-order valence-corrected chi connectivity index (χ3v) is 8.69. The van der Waals surface area contributed by atoms with E-state index in [-0.39, 0.29) is 0 Å². The van der Waals surface area contributed by atoms with Crippen LogP contribution in [0.4, 0.5) is 17.1 Å². The molecule has 10 rings (SSSR count). The zero-order valence-corrected chi connectivity index (χ0v) is 23.3. The molecule has 0 N–H and O–H groups in total. The van der Waals surface area contributed by atoms with Crippen molar-refractivity contribution in [1.29, 1.82) is 0 Å². The number of hydrogen-bond donors (Lipinski definition) is 0. The Morgan fingerprint density at radius 2 is 0.977 bits per heavy atom. The van der Waals surface area contributed by atoms with Crippen LogP contribution >= 0.6 is 0 Å². The van der Waals surface area contributed by atoms with Crippen LogP contribution in [0.1, 0.15) is 0 Å². The molecular formula is C39H22N2O3. The minimum Gasteiger partial charge on any atom is -0.456 e. The van der Waals surface area contributed by atoms with E-state index >= 15 is 0 Å². The first kappa shape index (κ1) is 23.5. The lowest BCUT2D eigenvalue weighted by Crippen LogP contribution is -2.09. The van der Waals surface area contributed by atoms with E-state index in [0.29, 0.717) is 0 Å². The van der Waals surface area contributed by atoms with Gasteiger partial charge in [-0.3, -0.25) is 4.98 Å². The molecule has 0 spiro atoms. The highest BCUT2D eigenvalue weighted by Crippen LogP contribution is 2.43. The van der Waals surface area contributed by atoms with Gasteiger partial charge in [-0.1, -0.05) is 42.5 Å². The number of nitrogens with zero attached hydrogens (tertiary/aromatic N) is 2. The molecule has 0 aliphatic heterocycles. The minimum atomic E-state index is 0.806. The summed E-state index contributed by atoms with van der Waals surface area (Å²) in [5.41, 5.74) is 8.97. The Hall–Kier alpha value is -6.07. The van der Waals surface area contributed by atoms with Crippen molar-refractivity contribution in [1.82, 2.24) is 4.98 Å². The molecule has 5 heteroatoms. The molecule has 0 radical (unpaired) electrons. The Morgan fingerprint density at radius 3 is 1.80 bits per heavy atom. The highest BCUT2D eigenvalue weighted by Gasteiger charge is 2.20. The predicted molar refractivity (Wildman–Crippen MR) is 178 cm³/mol. The average molecular weight is 567 g/mol. The lowest BCUT2D eigenvalue weighted by atomic mass is 10.1. The number of para-hydroxylation sites is 2. The molecule has 206 valence electrons. The van der Waals surface area contributed by atoms with Crippen LogP contribution in [0.3, 0.4) is 0 Å². The Bertz CT molecular complexity index is 2750. The van der Waals surface area contributed by atoms with Crippen molar-refractivity contribution in [2.24, 2.45) is 0 Å². The maximum absolute atomic E-state index is 6.45. The second kappa shape index (κ2) is 8.72. The number of furan rings is 3. The van der Waals surface area contributed by atoms with Gasteiger partial charge in [0.1, 0.15) is 33.5 Å². The molecule has 0 aliphatic carbocycles. The number of pyridine rings is 1. The van der Waals surface area contributed by atoms with Crippen LogP contribution in [0, 0.1) is 0 Å². The van der Waals surface area contributed by atoms with Gasteiger partial charge in [-0.25, -0.2) is 0 Å². The zero-order chi connectivity index (χ0) is 28.8. The molecule has 0 saturated carbocycles. The van der Waals surface area contributed by atoms with Crippen LogP contribution in [0.5, 0.6) is 0 Å². The van der Waals surface area contributed by atoms with Crippen molar-refractivity contribution < 1.29 is 13.3 Å². The fourth-order valence-electron chi connectivity index (χ4n) is 6.69.